The Kier molecular flexibility index (Phi) is 7.14. The Labute approximate surface area is 184 Å². The summed E-state index contributed by atoms with van der Waals surface area (Å²) in [5.74, 6) is -1.23. The molecule has 0 spiro atoms. The number of methoxy groups -OCH3 is 1. The first-order chi connectivity index (χ1) is 15.2. The van der Waals surface area contributed by atoms with Crippen LogP contribution in [0.1, 0.15) is 36.2 Å². The van der Waals surface area contributed by atoms with E-state index >= 15 is 0 Å². The highest BCUT2D eigenvalue weighted by atomic mass is 16.5. The lowest BCUT2D eigenvalue weighted by Crippen LogP contribution is -2.48. The quantitative estimate of drug-likeness (QED) is 0.456. The van der Waals surface area contributed by atoms with Crippen LogP contribution in [0.3, 0.4) is 0 Å². The van der Waals surface area contributed by atoms with Crippen molar-refractivity contribution >= 4 is 23.4 Å². The predicted octanol–water partition coefficient (Wildman–Crippen LogP) is 0.926. The molecule has 1 atom stereocenters. The van der Waals surface area contributed by atoms with Crippen molar-refractivity contribution < 1.29 is 19.1 Å². The second kappa shape index (κ2) is 9.82. The zero-order valence-corrected chi connectivity index (χ0v) is 18.4. The van der Waals surface area contributed by atoms with Crippen LogP contribution in [0.5, 0.6) is 0 Å². The van der Waals surface area contributed by atoms with Gasteiger partial charge in [-0.1, -0.05) is 32.0 Å². The van der Waals surface area contributed by atoms with Crippen LogP contribution >= 0.6 is 0 Å². The number of nitrogens with one attached hydrogen (secondary N) is 1. The van der Waals surface area contributed by atoms with Crippen molar-refractivity contribution in [2.45, 2.75) is 39.3 Å². The number of anilines is 2. The molecule has 1 aliphatic rings. The van der Waals surface area contributed by atoms with E-state index in [0.29, 0.717) is 24.2 Å². The van der Waals surface area contributed by atoms with Crippen LogP contribution in [0.25, 0.3) is 0 Å². The Morgan fingerprint density at radius 3 is 2.72 bits per heavy atom. The third-order valence-corrected chi connectivity index (χ3v) is 5.20. The number of aromatic nitrogens is 2. The smallest absolute Gasteiger partial charge is 0.339 e. The molecule has 2 heterocycles. The van der Waals surface area contributed by atoms with Gasteiger partial charge in [0.1, 0.15) is 5.82 Å². The summed E-state index contributed by atoms with van der Waals surface area (Å²) >= 11 is 0. The molecule has 2 aromatic rings. The number of cyclic esters (lactones) is 1. The van der Waals surface area contributed by atoms with Gasteiger partial charge in [-0.25, -0.2) is 9.59 Å². The van der Waals surface area contributed by atoms with Gasteiger partial charge in [-0.3, -0.25) is 19.1 Å². The van der Waals surface area contributed by atoms with Crippen LogP contribution in [0.2, 0.25) is 0 Å². The maximum absolute atomic E-state index is 13.5. The fourth-order valence-corrected chi connectivity index (χ4v) is 3.73. The molecule has 1 aliphatic heterocycles. The Morgan fingerprint density at radius 2 is 2.03 bits per heavy atom. The van der Waals surface area contributed by atoms with E-state index in [1.165, 1.54) is 16.6 Å². The minimum absolute atomic E-state index is 0.0715. The van der Waals surface area contributed by atoms with Gasteiger partial charge in [-0.15, -0.1) is 0 Å². The fourth-order valence-electron chi connectivity index (χ4n) is 3.73. The molecule has 0 bridgehead atoms. The molecule has 3 N–H and O–H groups in total. The van der Waals surface area contributed by atoms with E-state index in [0.717, 1.165) is 0 Å². The Hall–Kier alpha value is -3.40. The lowest BCUT2D eigenvalue weighted by molar-refractivity contribution is -0.127. The second-order valence-corrected chi connectivity index (χ2v) is 8.09. The van der Waals surface area contributed by atoms with Crippen molar-refractivity contribution in [2.24, 2.45) is 5.92 Å². The average Bonchev–Trinajstić information content (AvgIpc) is 2.75. The van der Waals surface area contributed by atoms with Gasteiger partial charge in [-0.2, -0.15) is 0 Å². The lowest BCUT2D eigenvalue weighted by atomic mass is 9.98. The standard InChI is InChI=1S/C22H28N4O6/c1-13(2)12-26-18(23)17(19(27)24-22(26)30)25(9-6-10-31-3)20(28)16-11-14-7-4-5-8-15(14)21(29)32-16/h4-5,7-8,13,16H,6,9-12,23H2,1-3H3,(H,24,27,30). The van der Waals surface area contributed by atoms with Crippen molar-refractivity contribution in [1.82, 2.24) is 9.55 Å². The van der Waals surface area contributed by atoms with E-state index in [1.807, 2.05) is 13.8 Å². The summed E-state index contributed by atoms with van der Waals surface area (Å²) in [4.78, 5) is 54.4. The highest BCUT2D eigenvalue weighted by Crippen LogP contribution is 2.25. The van der Waals surface area contributed by atoms with Crippen molar-refractivity contribution in [3.63, 3.8) is 0 Å². The van der Waals surface area contributed by atoms with E-state index in [-0.39, 0.29) is 36.9 Å². The van der Waals surface area contributed by atoms with E-state index in [1.54, 1.807) is 24.3 Å². The van der Waals surface area contributed by atoms with Crippen LogP contribution in [-0.4, -0.2) is 47.8 Å². The topological polar surface area (TPSA) is 137 Å². The normalized spacial score (nSPS) is 15.4. The average molecular weight is 444 g/mol. The Balaban J connectivity index is 2.03. The number of carbonyl (C=O) groups excluding carboxylic acids is 2. The van der Waals surface area contributed by atoms with Gasteiger partial charge in [0.25, 0.3) is 11.5 Å². The maximum atomic E-state index is 13.5. The Morgan fingerprint density at radius 1 is 1.31 bits per heavy atom. The van der Waals surface area contributed by atoms with Gasteiger partial charge in [0, 0.05) is 33.2 Å². The summed E-state index contributed by atoms with van der Waals surface area (Å²) in [6, 6.07) is 6.89. The van der Waals surface area contributed by atoms with Gasteiger partial charge in [-0.05, 0) is 24.0 Å². The van der Waals surface area contributed by atoms with Crippen LogP contribution < -0.4 is 21.9 Å². The summed E-state index contributed by atoms with van der Waals surface area (Å²) in [7, 11) is 1.52. The number of hydrogen-bond donors (Lipinski definition) is 2. The molecule has 1 aromatic heterocycles. The van der Waals surface area contributed by atoms with Gasteiger partial charge >= 0.3 is 11.7 Å². The molecule has 10 heteroatoms. The summed E-state index contributed by atoms with van der Waals surface area (Å²) in [5, 5.41) is 0. The number of hydrogen-bond acceptors (Lipinski definition) is 7. The van der Waals surface area contributed by atoms with Crippen LogP contribution in [0, 0.1) is 5.92 Å². The summed E-state index contributed by atoms with van der Waals surface area (Å²) < 4.78 is 11.7. The van der Waals surface area contributed by atoms with Crippen LogP contribution in [-0.2, 0) is 27.2 Å². The largest absolute Gasteiger partial charge is 0.448 e. The number of carbonyl (C=O) groups is 2. The monoisotopic (exact) mass is 444 g/mol. The minimum Gasteiger partial charge on any atom is -0.448 e. The van der Waals surface area contributed by atoms with Gasteiger partial charge in [0.15, 0.2) is 11.8 Å². The summed E-state index contributed by atoms with van der Waals surface area (Å²) in [5.41, 5.74) is 5.75. The van der Waals surface area contributed by atoms with E-state index in [4.69, 9.17) is 15.2 Å². The zero-order valence-electron chi connectivity index (χ0n) is 18.4. The number of nitrogens with zero attached hydrogens (tertiary/aromatic N) is 2. The summed E-state index contributed by atoms with van der Waals surface area (Å²) in [6.07, 6.45) is -0.545. The van der Waals surface area contributed by atoms with E-state index in [2.05, 4.69) is 4.98 Å². The van der Waals surface area contributed by atoms with Crippen molar-refractivity contribution in [3.05, 3.63) is 56.2 Å². The number of fused-ring (bicyclic) bond motifs is 1. The van der Waals surface area contributed by atoms with Crippen molar-refractivity contribution in [2.75, 3.05) is 30.9 Å². The molecule has 1 amide bonds. The molecular formula is C22H28N4O6. The molecule has 1 aromatic carbocycles. The third-order valence-electron chi connectivity index (χ3n) is 5.20. The lowest BCUT2D eigenvalue weighted by Gasteiger charge is -2.30. The van der Waals surface area contributed by atoms with E-state index < -0.39 is 29.2 Å². The Bertz CT molecular complexity index is 1120. The van der Waals surface area contributed by atoms with Crippen LogP contribution in [0.15, 0.2) is 33.9 Å². The SMILES string of the molecule is COCCCN(C(=O)C1Cc2ccccc2C(=O)O1)c1c(N)n(CC(C)C)c(=O)[nH]c1=O. The zero-order chi connectivity index (χ0) is 23.4. The number of aromatic amines is 1. The molecule has 10 nitrogen and oxygen atoms in total. The number of nitrogen functional groups attached to an aromatic ring is 1. The second-order valence-electron chi connectivity index (χ2n) is 8.09. The molecule has 0 fully saturated rings. The predicted molar refractivity (Wildman–Crippen MR) is 119 cm³/mol. The maximum Gasteiger partial charge on any atom is 0.339 e. The molecule has 3 rings (SSSR count). The fraction of sp³-hybridized carbons (Fsp3) is 0.455. The number of ether oxygens (including phenoxy) is 2. The van der Waals surface area contributed by atoms with E-state index in [9.17, 15) is 19.2 Å². The minimum atomic E-state index is -1.12. The number of esters is 1. The molecule has 172 valence electrons. The highest BCUT2D eigenvalue weighted by Gasteiger charge is 2.36. The first kappa shape index (κ1) is 23.3. The van der Waals surface area contributed by atoms with Gasteiger partial charge in [0.05, 0.1) is 5.56 Å². The highest BCUT2D eigenvalue weighted by molar-refractivity contribution is 6.02. The number of nitrogens with two attached hydrogens (primary N) is 1. The van der Waals surface area contributed by atoms with Gasteiger partial charge in [0.2, 0.25) is 0 Å². The first-order valence-electron chi connectivity index (χ1n) is 10.5. The number of rotatable bonds is 8. The molecule has 0 radical (unpaired) electrons. The number of benzene rings is 1. The third kappa shape index (κ3) is 4.75. The number of H-pyrrole nitrogens is 1. The molecule has 0 aliphatic carbocycles. The molecule has 32 heavy (non-hydrogen) atoms. The molecule has 0 saturated carbocycles. The van der Waals surface area contributed by atoms with Crippen LogP contribution in [0.4, 0.5) is 11.5 Å². The molecule has 1 unspecified atom stereocenters. The number of amides is 1. The van der Waals surface area contributed by atoms with Crippen molar-refractivity contribution in [1.29, 1.82) is 0 Å². The summed E-state index contributed by atoms with van der Waals surface area (Å²) in [6.45, 7) is 4.49. The molecular weight excluding hydrogens is 416 g/mol. The molecule has 0 saturated heterocycles. The first-order valence-corrected chi connectivity index (χ1v) is 10.5. The van der Waals surface area contributed by atoms with Crippen molar-refractivity contribution in [3.8, 4) is 0 Å². The van der Waals surface area contributed by atoms with Gasteiger partial charge < -0.3 is 20.1 Å².